The molecule has 1 saturated carbocycles. The fraction of sp³-hybridized carbons (Fsp3) is 0.739. The van der Waals surface area contributed by atoms with Crippen molar-refractivity contribution < 1.29 is 0 Å². The second-order valence-corrected chi connectivity index (χ2v) is 8.42. The van der Waals surface area contributed by atoms with E-state index in [4.69, 9.17) is 4.99 Å². The number of nitrogens with zero attached hydrogens (tertiary/aromatic N) is 3. The second-order valence-electron chi connectivity index (χ2n) is 8.42. The molecule has 0 bridgehead atoms. The molecule has 1 saturated heterocycles. The van der Waals surface area contributed by atoms with Crippen LogP contribution in [0.5, 0.6) is 0 Å². The molecule has 164 valence electrons. The summed E-state index contributed by atoms with van der Waals surface area (Å²) in [6, 6.07) is 6.70. The lowest BCUT2D eigenvalue weighted by atomic mass is 10.0. The summed E-state index contributed by atoms with van der Waals surface area (Å²) in [6.07, 6.45) is 14.0. The van der Waals surface area contributed by atoms with Crippen molar-refractivity contribution in [1.29, 1.82) is 0 Å². The van der Waals surface area contributed by atoms with Gasteiger partial charge in [-0.2, -0.15) is 0 Å². The van der Waals surface area contributed by atoms with Crippen LogP contribution in [-0.2, 0) is 6.54 Å². The maximum Gasteiger partial charge on any atom is 0.191 e. The van der Waals surface area contributed by atoms with E-state index in [1.54, 1.807) is 0 Å². The third-order valence-electron chi connectivity index (χ3n) is 6.15. The number of hydrogen-bond donors (Lipinski definition) is 2. The van der Waals surface area contributed by atoms with E-state index < -0.39 is 0 Å². The molecule has 2 fully saturated rings. The molecule has 2 N–H and O–H groups in total. The van der Waals surface area contributed by atoms with Crippen LogP contribution in [0.4, 0.5) is 0 Å². The van der Waals surface area contributed by atoms with Gasteiger partial charge in [0.1, 0.15) is 0 Å². The van der Waals surface area contributed by atoms with Gasteiger partial charge in [0.15, 0.2) is 5.96 Å². The van der Waals surface area contributed by atoms with Gasteiger partial charge >= 0.3 is 0 Å². The van der Waals surface area contributed by atoms with Crippen molar-refractivity contribution in [2.45, 2.75) is 77.3 Å². The fourth-order valence-electron chi connectivity index (χ4n) is 4.50. The van der Waals surface area contributed by atoms with Crippen molar-refractivity contribution in [2.24, 2.45) is 10.9 Å². The number of nitrogens with one attached hydrogen (secondary N) is 2. The smallest absolute Gasteiger partial charge is 0.191 e. The Kier molecular flexibility index (Phi) is 11.9. The Morgan fingerprint density at radius 2 is 1.93 bits per heavy atom. The van der Waals surface area contributed by atoms with Gasteiger partial charge in [0, 0.05) is 45.0 Å². The number of likely N-dealkylation sites (tertiary alicyclic amines) is 1. The summed E-state index contributed by atoms with van der Waals surface area (Å²) in [7, 11) is 0. The lowest BCUT2D eigenvalue weighted by molar-refractivity contribution is 0.196. The highest BCUT2D eigenvalue weighted by molar-refractivity contribution is 14.0. The second kappa shape index (κ2) is 14.2. The first-order valence-electron chi connectivity index (χ1n) is 11.5. The predicted octanol–water partition coefficient (Wildman–Crippen LogP) is 4.58. The van der Waals surface area contributed by atoms with Crippen LogP contribution in [0.3, 0.4) is 0 Å². The highest BCUT2D eigenvalue weighted by atomic mass is 127. The van der Waals surface area contributed by atoms with Crippen molar-refractivity contribution in [3.8, 4) is 0 Å². The van der Waals surface area contributed by atoms with Gasteiger partial charge in [-0.3, -0.25) is 14.9 Å². The van der Waals surface area contributed by atoms with E-state index in [1.165, 1.54) is 63.5 Å². The largest absolute Gasteiger partial charge is 0.357 e. The summed E-state index contributed by atoms with van der Waals surface area (Å²) in [5, 5.41) is 7.10. The van der Waals surface area contributed by atoms with Crippen LogP contribution < -0.4 is 10.6 Å². The first-order chi connectivity index (χ1) is 13.8. The number of aromatic nitrogens is 1. The van der Waals surface area contributed by atoms with E-state index in [2.05, 4.69) is 39.6 Å². The lowest BCUT2D eigenvalue weighted by Crippen LogP contribution is -2.48. The summed E-state index contributed by atoms with van der Waals surface area (Å²) in [5.74, 6) is 2.01. The number of unbranched alkanes of at least 4 members (excludes halogenated alkanes) is 1. The molecule has 29 heavy (non-hydrogen) atoms. The summed E-state index contributed by atoms with van der Waals surface area (Å²) < 4.78 is 0. The molecule has 0 spiro atoms. The maximum atomic E-state index is 4.83. The van der Waals surface area contributed by atoms with Gasteiger partial charge in [-0.1, -0.05) is 44.6 Å². The van der Waals surface area contributed by atoms with E-state index in [0.717, 1.165) is 44.6 Å². The quantitative estimate of drug-likeness (QED) is 0.220. The molecular formula is C23H40IN5. The summed E-state index contributed by atoms with van der Waals surface area (Å²) >= 11 is 0. The Balaban J connectivity index is 0.00000300. The lowest BCUT2D eigenvalue weighted by Gasteiger charge is -2.32. The highest BCUT2D eigenvalue weighted by Crippen LogP contribution is 2.28. The molecule has 1 aromatic heterocycles. The highest BCUT2D eigenvalue weighted by Gasteiger charge is 2.20. The normalized spacial score (nSPS) is 19.1. The van der Waals surface area contributed by atoms with Crippen molar-refractivity contribution >= 4 is 29.9 Å². The molecule has 2 aliphatic rings. The zero-order valence-electron chi connectivity index (χ0n) is 18.1. The van der Waals surface area contributed by atoms with Crippen molar-refractivity contribution in [3.63, 3.8) is 0 Å². The number of pyridine rings is 1. The van der Waals surface area contributed by atoms with E-state index in [-0.39, 0.29) is 24.0 Å². The number of aliphatic imine (C=N–C) groups is 1. The minimum absolute atomic E-state index is 0. The van der Waals surface area contributed by atoms with Crippen LogP contribution >= 0.6 is 24.0 Å². The van der Waals surface area contributed by atoms with Gasteiger partial charge in [0.25, 0.3) is 0 Å². The Morgan fingerprint density at radius 1 is 1.14 bits per heavy atom. The molecule has 5 nitrogen and oxygen atoms in total. The van der Waals surface area contributed by atoms with E-state index in [1.807, 2.05) is 12.3 Å². The molecule has 3 rings (SSSR count). The number of guanidine groups is 1. The number of halogens is 1. The summed E-state index contributed by atoms with van der Waals surface area (Å²) in [5.41, 5.74) is 1.17. The first-order valence-corrected chi connectivity index (χ1v) is 11.5. The van der Waals surface area contributed by atoms with Crippen molar-refractivity contribution in [3.05, 3.63) is 30.1 Å². The molecule has 6 heteroatoms. The minimum Gasteiger partial charge on any atom is -0.357 e. The van der Waals surface area contributed by atoms with Crippen LogP contribution in [0.25, 0.3) is 0 Å². The standard InChI is InChI=1S/C23H39N5.HI/c1-2-24-23(26-16-7-5-11-20-9-3-4-10-20)27-21-13-17-28(18-14-21)19-22-12-6-8-15-25-22;/h6,8,12,15,20-21H,2-5,7,9-11,13-14,16-19H2,1H3,(H2,24,26,27);1H. The zero-order valence-corrected chi connectivity index (χ0v) is 20.4. The Labute approximate surface area is 194 Å². The van der Waals surface area contributed by atoms with Crippen LogP contribution in [0, 0.1) is 5.92 Å². The molecule has 0 amide bonds. The summed E-state index contributed by atoms with van der Waals surface area (Å²) in [6.45, 7) is 7.21. The van der Waals surface area contributed by atoms with Gasteiger partial charge in [-0.15, -0.1) is 24.0 Å². The van der Waals surface area contributed by atoms with Gasteiger partial charge in [0.05, 0.1) is 5.69 Å². The Bertz CT molecular complexity index is 566. The van der Waals surface area contributed by atoms with E-state index >= 15 is 0 Å². The number of hydrogen-bond acceptors (Lipinski definition) is 3. The Morgan fingerprint density at radius 3 is 2.62 bits per heavy atom. The third kappa shape index (κ3) is 9.20. The van der Waals surface area contributed by atoms with Gasteiger partial charge in [-0.05, 0) is 44.2 Å². The molecule has 1 aromatic rings. The van der Waals surface area contributed by atoms with Crippen molar-refractivity contribution in [1.82, 2.24) is 20.5 Å². The van der Waals surface area contributed by atoms with Gasteiger partial charge in [0.2, 0.25) is 0 Å². The van der Waals surface area contributed by atoms with Crippen molar-refractivity contribution in [2.75, 3.05) is 26.2 Å². The van der Waals surface area contributed by atoms with E-state index in [9.17, 15) is 0 Å². The molecule has 1 aliphatic carbocycles. The van der Waals surface area contributed by atoms with Crippen LogP contribution in [0.1, 0.15) is 70.4 Å². The SMILES string of the molecule is CCNC(=NCCCCC1CCCC1)NC1CCN(Cc2ccccn2)CC1.I. The van der Waals surface area contributed by atoms with Gasteiger partial charge < -0.3 is 10.6 Å². The molecule has 1 aliphatic heterocycles. The summed E-state index contributed by atoms with van der Waals surface area (Å²) in [4.78, 5) is 11.8. The monoisotopic (exact) mass is 513 g/mol. The molecule has 0 aromatic carbocycles. The average Bonchev–Trinajstić information content (AvgIpc) is 3.24. The zero-order chi connectivity index (χ0) is 19.4. The Hall–Kier alpha value is -0.890. The van der Waals surface area contributed by atoms with E-state index in [0.29, 0.717) is 6.04 Å². The first kappa shape index (κ1) is 24.4. The van der Waals surface area contributed by atoms with Crippen LogP contribution in [-0.4, -0.2) is 48.1 Å². The molecule has 0 radical (unpaired) electrons. The molecule has 0 atom stereocenters. The van der Waals surface area contributed by atoms with Gasteiger partial charge in [-0.25, -0.2) is 0 Å². The van der Waals surface area contributed by atoms with Crippen LogP contribution in [0.2, 0.25) is 0 Å². The number of piperidine rings is 1. The topological polar surface area (TPSA) is 52.6 Å². The minimum atomic E-state index is 0. The maximum absolute atomic E-state index is 4.83. The molecule has 0 unspecified atom stereocenters. The van der Waals surface area contributed by atoms with Crippen LogP contribution in [0.15, 0.2) is 29.4 Å². The number of rotatable bonds is 9. The fourth-order valence-corrected chi connectivity index (χ4v) is 4.50. The molecule has 2 heterocycles. The third-order valence-corrected chi connectivity index (χ3v) is 6.15. The predicted molar refractivity (Wildman–Crippen MR) is 133 cm³/mol. The molecular weight excluding hydrogens is 473 g/mol. The average molecular weight is 514 g/mol.